The quantitative estimate of drug-likeness (QED) is 0.378. The van der Waals surface area contributed by atoms with Crippen LogP contribution in [0.4, 0.5) is 23.2 Å². The number of alkyl halides is 2. The van der Waals surface area contributed by atoms with Gasteiger partial charge in [0.15, 0.2) is 0 Å². The third-order valence-electron chi connectivity index (χ3n) is 6.67. The fourth-order valence-electron chi connectivity index (χ4n) is 4.81. The number of aliphatic hydroxyl groups is 1. The highest BCUT2D eigenvalue weighted by atomic mass is 19.3. The lowest BCUT2D eigenvalue weighted by molar-refractivity contribution is -0.118. The van der Waals surface area contributed by atoms with Crippen molar-refractivity contribution in [1.29, 1.82) is 0 Å². The van der Waals surface area contributed by atoms with E-state index < -0.39 is 59.2 Å². The van der Waals surface area contributed by atoms with Gasteiger partial charge in [-0.2, -0.15) is 8.78 Å². The molecule has 218 valence electrons. The number of ether oxygens (including phenoxy) is 2. The number of hydrogen-bond acceptors (Lipinski definition) is 6. The van der Waals surface area contributed by atoms with E-state index in [-0.39, 0.29) is 35.8 Å². The number of aliphatic hydroxyl groups excluding tert-OH is 1. The Kier molecular flexibility index (Phi) is 8.66. The number of rotatable bonds is 9. The summed E-state index contributed by atoms with van der Waals surface area (Å²) in [6, 6.07) is 6.55. The SMILES string of the molecule is COc1cc(F)c([C@@H]2CN(c3c(C)ccn(CC(C)O)c3=O)C(=O)[C@H]2NC(=O)c2ccc(OC(F)F)cc2)c(F)c1. The van der Waals surface area contributed by atoms with Gasteiger partial charge in [0.05, 0.1) is 19.8 Å². The number of nitrogens with zero attached hydrogens (tertiary/aromatic N) is 2. The number of aromatic nitrogens is 1. The molecule has 2 heterocycles. The standard InChI is InChI=1S/C28H27F4N3O6/c1-14-8-9-34(12-15(2)36)27(39)24(14)35-13-19(22-20(29)10-18(40-3)11-21(22)30)23(26(35)38)33-25(37)16-4-6-17(7-5-16)41-28(31)32/h4-11,15,19,23,28,36H,12-13H2,1-3H3,(H,33,37)/t15?,19-,23-/m0/s1. The van der Waals surface area contributed by atoms with Gasteiger partial charge in [0.2, 0.25) is 5.91 Å². The lowest BCUT2D eigenvalue weighted by atomic mass is 9.92. The van der Waals surface area contributed by atoms with Crippen molar-refractivity contribution in [3.8, 4) is 11.5 Å². The maximum Gasteiger partial charge on any atom is 0.387 e. The van der Waals surface area contributed by atoms with Crippen LogP contribution in [0.1, 0.15) is 34.3 Å². The van der Waals surface area contributed by atoms with Gasteiger partial charge in [-0.25, -0.2) is 8.78 Å². The number of carbonyl (C=O) groups is 2. The molecule has 13 heteroatoms. The van der Waals surface area contributed by atoms with E-state index in [4.69, 9.17) is 4.74 Å². The molecule has 0 radical (unpaired) electrons. The van der Waals surface area contributed by atoms with Crippen LogP contribution in [0.2, 0.25) is 0 Å². The summed E-state index contributed by atoms with van der Waals surface area (Å²) in [5.41, 5.74) is -0.827. The molecule has 1 aliphatic rings. The summed E-state index contributed by atoms with van der Waals surface area (Å²) in [5.74, 6) is -5.25. The predicted molar refractivity (Wildman–Crippen MR) is 139 cm³/mol. The van der Waals surface area contributed by atoms with Crippen LogP contribution >= 0.6 is 0 Å². The minimum atomic E-state index is -3.07. The average molecular weight is 578 g/mol. The van der Waals surface area contributed by atoms with Crippen LogP contribution in [0.15, 0.2) is 53.5 Å². The Morgan fingerprint density at radius 1 is 1.10 bits per heavy atom. The van der Waals surface area contributed by atoms with Crippen LogP contribution < -0.4 is 25.2 Å². The molecule has 1 aromatic heterocycles. The summed E-state index contributed by atoms with van der Waals surface area (Å²) >= 11 is 0. The Balaban J connectivity index is 1.75. The lowest BCUT2D eigenvalue weighted by Crippen LogP contribution is -2.45. The van der Waals surface area contributed by atoms with Gasteiger partial charge < -0.3 is 29.4 Å². The van der Waals surface area contributed by atoms with Crippen molar-refractivity contribution in [2.24, 2.45) is 0 Å². The molecule has 1 unspecified atom stereocenters. The number of pyridine rings is 1. The highest BCUT2D eigenvalue weighted by molar-refractivity contribution is 6.05. The van der Waals surface area contributed by atoms with Gasteiger partial charge in [-0.15, -0.1) is 0 Å². The summed E-state index contributed by atoms with van der Waals surface area (Å²) < 4.78 is 65.8. The molecular formula is C28H27F4N3O6. The van der Waals surface area contributed by atoms with Crippen molar-refractivity contribution in [1.82, 2.24) is 9.88 Å². The second-order valence-electron chi connectivity index (χ2n) is 9.57. The van der Waals surface area contributed by atoms with E-state index in [0.717, 1.165) is 29.2 Å². The first-order chi connectivity index (χ1) is 19.4. The van der Waals surface area contributed by atoms with Crippen LogP contribution in [0.5, 0.6) is 11.5 Å². The Morgan fingerprint density at radius 3 is 2.29 bits per heavy atom. The highest BCUT2D eigenvalue weighted by Gasteiger charge is 2.46. The summed E-state index contributed by atoms with van der Waals surface area (Å²) in [7, 11) is 1.23. The molecule has 41 heavy (non-hydrogen) atoms. The molecule has 0 saturated carbocycles. The smallest absolute Gasteiger partial charge is 0.387 e. The highest BCUT2D eigenvalue weighted by Crippen LogP contribution is 2.36. The van der Waals surface area contributed by atoms with Crippen molar-refractivity contribution in [2.75, 3.05) is 18.6 Å². The molecule has 4 rings (SSSR count). The van der Waals surface area contributed by atoms with E-state index in [2.05, 4.69) is 10.1 Å². The van der Waals surface area contributed by atoms with Crippen molar-refractivity contribution in [3.63, 3.8) is 0 Å². The van der Waals surface area contributed by atoms with Crippen LogP contribution in [-0.4, -0.2) is 53.9 Å². The molecule has 2 amide bonds. The Hall–Kier alpha value is -4.39. The molecule has 1 aliphatic heterocycles. The summed E-state index contributed by atoms with van der Waals surface area (Å²) in [6.07, 6.45) is 0.576. The van der Waals surface area contributed by atoms with E-state index in [1.165, 1.54) is 36.9 Å². The minimum absolute atomic E-state index is 0.0394. The van der Waals surface area contributed by atoms with Gasteiger partial charge in [0.25, 0.3) is 11.5 Å². The molecule has 0 aliphatic carbocycles. The molecule has 3 aromatic rings. The summed E-state index contributed by atoms with van der Waals surface area (Å²) in [5, 5.41) is 12.3. The molecule has 1 saturated heterocycles. The van der Waals surface area contributed by atoms with Gasteiger partial charge in [0.1, 0.15) is 34.9 Å². The number of halogens is 4. The largest absolute Gasteiger partial charge is 0.497 e. The van der Waals surface area contributed by atoms with E-state index in [1.807, 2.05) is 0 Å². The fraction of sp³-hybridized carbons (Fsp3) is 0.321. The third-order valence-corrected chi connectivity index (χ3v) is 6.67. The maximum absolute atomic E-state index is 15.2. The first kappa shape index (κ1) is 29.6. The van der Waals surface area contributed by atoms with Gasteiger partial charge >= 0.3 is 6.61 Å². The van der Waals surface area contributed by atoms with Crippen molar-refractivity contribution in [2.45, 2.75) is 45.1 Å². The third kappa shape index (κ3) is 6.19. The zero-order valence-electron chi connectivity index (χ0n) is 22.2. The molecular weight excluding hydrogens is 550 g/mol. The number of hydrogen-bond donors (Lipinski definition) is 2. The van der Waals surface area contributed by atoms with Crippen molar-refractivity contribution < 1.29 is 41.7 Å². The van der Waals surface area contributed by atoms with Gasteiger partial charge in [-0.3, -0.25) is 14.4 Å². The van der Waals surface area contributed by atoms with E-state index in [0.29, 0.717) is 5.56 Å². The van der Waals surface area contributed by atoms with E-state index >= 15 is 8.78 Å². The number of amides is 2. The van der Waals surface area contributed by atoms with Gasteiger partial charge in [0, 0.05) is 41.9 Å². The topological polar surface area (TPSA) is 110 Å². The molecule has 2 N–H and O–H groups in total. The van der Waals surface area contributed by atoms with Crippen LogP contribution in [0.3, 0.4) is 0 Å². The molecule has 9 nitrogen and oxygen atoms in total. The Morgan fingerprint density at radius 2 is 1.73 bits per heavy atom. The first-order valence-corrected chi connectivity index (χ1v) is 12.5. The number of anilines is 1. The number of carbonyl (C=O) groups excluding carboxylic acids is 2. The summed E-state index contributed by atoms with van der Waals surface area (Å²) in [6.45, 7) is -0.436. The van der Waals surface area contributed by atoms with Crippen LogP contribution in [0, 0.1) is 18.6 Å². The first-order valence-electron chi connectivity index (χ1n) is 12.5. The molecule has 0 spiro atoms. The Labute approximate surface area is 231 Å². The van der Waals surface area contributed by atoms with Crippen LogP contribution in [-0.2, 0) is 11.3 Å². The van der Waals surface area contributed by atoms with E-state index in [9.17, 15) is 28.3 Å². The number of methoxy groups -OCH3 is 1. The van der Waals surface area contributed by atoms with Gasteiger partial charge in [-0.1, -0.05) is 0 Å². The normalized spacial score (nSPS) is 17.6. The average Bonchev–Trinajstić information content (AvgIpc) is 3.20. The zero-order chi connectivity index (χ0) is 30.0. The van der Waals surface area contributed by atoms with Gasteiger partial charge in [-0.05, 0) is 49.7 Å². The fourth-order valence-corrected chi connectivity index (χ4v) is 4.81. The summed E-state index contributed by atoms with van der Waals surface area (Å²) in [4.78, 5) is 41.2. The molecule has 3 atom stereocenters. The zero-order valence-corrected chi connectivity index (χ0v) is 22.2. The minimum Gasteiger partial charge on any atom is -0.497 e. The molecule has 0 bridgehead atoms. The van der Waals surface area contributed by atoms with Crippen molar-refractivity contribution in [3.05, 3.63) is 87.3 Å². The molecule has 1 fully saturated rings. The second-order valence-corrected chi connectivity index (χ2v) is 9.57. The van der Waals surface area contributed by atoms with Crippen molar-refractivity contribution >= 4 is 17.5 Å². The number of benzene rings is 2. The second kappa shape index (κ2) is 12.0. The monoisotopic (exact) mass is 577 g/mol. The van der Waals surface area contributed by atoms with E-state index in [1.54, 1.807) is 13.0 Å². The van der Waals surface area contributed by atoms with Crippen LogP contribution in [0.25, 0.3) is 0 Å². The number of aryl methyl sites for hydroxylation is 1. The lowest BCUT2D eigenvalue weighted by Gasteiger charge is -2.20. The predicted octanol–water partition coefficient (Wildman–Crippen LogP) is 3.35. The number of nitrogens with one attached hydrogen (secondary N) is 1. The maximum atomic E-state index is 15.2. The Bertz CT molecular complexity index is 1490. The molecule has 2 aromatic carbocycles.